The Morgan fingerprint density at radius 2 is 1.95 bits per heavy atom. The number of aromatic nitrogens is 2. The number of nitrogens with zero attached hydrogens (tertiary/aromatic N) is 2. The first-order valence-corrected chi connectivity index (χ1v) is 7.08. The second-order valence-electron chi connectivity index (χ2n) is 6.24. The zero-order valence-electron chi connectivity index (χ0n) is 11.6. The second kappa shape index (κ2) is 4.53. The van der Waals surface area contributed by atoms with Gasteiger partial charge in [-0.3, -0.25) is 9.78 Å². The van der Waals surface area contributed by atoms with E-state index in [1.54, 1.807) is 6.92 Å². The van der Waals surface area contributed by atoms with Gasteiger partial charge in [-0.15, -0.1) is 0 Å². The van der Waals surface area contributed by atoms with Crippen LogP contribution in [0.25, 0.3) is 0 Å². The minimum atomic E-state index is -2.49. The van der Waals surface area contributed by atoms with Gasteiger partial charge in [0.15, 0.2) is 0 Å². The van der Waals surface area contributed by atoms with E-state index in [9.17, 15) is 13.6 Å². The summed E-state index contributed by atoms with van der Waals surface area (Å²) in [5, 5.41) is 0. The van der Waals surface area contributed by atoms with Gasteiger partial charge in [0.05, 0.1) is 0 Å². The molecule has 110 valence electrons. The van der Waals surface area contributed by atoms with E-state index in [1.807, 2.05) is 4.90 Å². The van der Waals surface area contributed by atoms with Crippen LogP contribution >= 0.6 is 0 Å². The highest BCUT2D eigenvalue weighted by atomic mass is 19.3. The van der Waals surface area contributed by atoms with E-state index in [4.69, 9.17) is 0 Å². The molecule has 2 fully saturated rings. The number of nitrogens with one attached hydrogen (secondary N) is 1. The van der Waals surface area contributed by atoms with Crippen LogP contribution in [0.5, 0.6) is 0 Å². The second-order valence-corrected chi connectivity index (χ2v) is 6.24. The summed E-state index contributed by atoms with van der Waals surface area (Å²) in [4.78, 5) is 20.6. The lowest BCUT2D eigenvalue weighted by Gasteiger charge is -2.37. The minimum absolute atomic E-state index is 0.0153. The molecule has 0 aromatic carbocycles. The lowest BCUT2D eigenvalue weighted by atomic mass is 9.72. The van der Waals surface area contributed by atoms with E-state index >= 15 is 0 Å². The van der Waals surface area contributed by atoms with Crippen LogP contribution in [0.1, 0.15) is 37.8 Å². The summed E-state index contributed by atoms with van der Waals surface area (Å²) in [7, 11) is 0. The van der Waals surface area contributed by atoms with Crippen molar-refractivity contribution in [3.63, 3.8) is 0 Å². The molecule has 4 nitrogen and oxygen atoms in total. The molecule has 0 atom stereocenters. The van der Waals surface area contributed by atoms with E-state index in [2.05, 4.69) is 9.97 Å². The summed E-state index contributed by atoms with van der Waals surface area (Å²) < 4.78 is 26.6. The Morgan fingerprint density at radius 1 is 1.25 bits per heavy atom. The molecule has 1 aliphatic carbocycles. The Bertz CT molecular complexity index is 560. The van der Waals surface area contributed by atoms with Crippen molar-refractivity contribution in [1.82, 2.24) is 9.97 Å². The number of aromatic amines is 1. The van der Waals surface area contributed by atoms with Gasteiger partial charge in [0.25, 0.3) is 5.56 Å². The van der Waals surface area contributed by atoms with Crippen LogP contribution in [-0.2, 0) is 0 Å². The zero-order chi connectivity index (χ0) is 14.4. The Morgan fingerprint density at radius 3 is 2.60 bits per heavy atom. The predicted octanol–water partition coefficient (Wildman–Crippen LogP) is 2.48. The van der Waals surface area contributed by atoms with Crippen LogP contribution in [-0.4, -0.2) is 29.0 Å². The standard InChI is InChI=1S/C14H19F2N3O/c1-10-8-11(20)18-12(17-10)19-7-6-13(9-19)2-4-14(15,16)5-3-13/h8H,2-7,9H2,1H3,(H,17,18,20). The molecule has 2 heterocycles. The lowest BCUT2D eigenvalue weighted by Crippen LogP contribution is -2.36. The molecular weight excluding hydrogens is 264 g/mol. The number of halogens is 2. The van der Waals surface area contributed by atoms with Crippen molar-refractivity contribution in [3.8, 4) is 0 Å². The van der Waals surface area contributed by atoms with Crippen molar-refractivity contribution in [3.05, 3.63) is 22.1 Å². The SMILES string of the molecule is Cc1cc(=O)[nH]c(N2CCC3(CCC(F)(F)CC3)C2)n1. The van der Waals surface area contributed by atoms with E-state index < -0.39 is 5.92 Å². The van der Waals surface area contributed by atoms with Gasteiger partial charge in [-0.1, -0.05) is 0 Å². The summed E-state index contributed by atoms with van der Waals surface area (Å²) in [6, 6.07) is 1.45. The first-order valence-electron chi connectivity index (χ1n) is 7.08. The molecule has 6 heteroatoms. The van der Waals surface area contributed by atoms with Crippen LogP contribution in [0.2, 0.25) is 0 Å². The molecule has 0 radical (unpaired) electrons. The highest BCUT2D eigenvalue weighted by Gasteiger charge is 2.46. The molecule has 2 aliphatic rings. The van der Waals surface area contributed by atoms with Gasteiger partial charge >= 0.3 is 0 Å². The van der Waals surface area contributed by atoms with Gasteiger partial charge < -0.3 is 4.90 Å². The van der Waals surface area contributed by atoms with Crippen LogP contribution in [0.15, 0.2) is 10.9 Å². The number of alkyl halides is 2. The van der Waals surface area contributed by atoms with Crippen molar-refractivity contribution in [2.24, 2.45) is 5.41 Å². The van der Waals surface area contributed by atoms with Gasteiger partial charge in [-0.2, -0.15) is 0 Å². The van der Waals surface area contributed by atoms with Gasteiger partial charge in [-0.05, 0) is 31.6 Å². The molecule has 1 aliphatic heterocycles. The summed E-state index contributed by atoms with van der Waals surface area (Å²) in [6.45, 7) is 3.28. The van der Waals surface area contributed by atoms with E-state index in [-0.39, 0.29) is 23.8 Å². The Labute approximate surface area is 116 Å². The van der Waals surface area contributed by atoms with E-state index in [1.165, 1.54) is 6.07 Å². The largest absolute Gasteiger partial charge is 0.342 e. The molecule has 20 heavy (non-hydrogen) atoms. The molecule has 0 bridgehead atoms. The first-order chi connectivity index (χ1) is 9.38. The maximum Gasteiger partial charge on any atom is 0.252 e. The third kappa shape index (κ3) is 2.55. The first kappa shape index (κ1) is 13.5. The average molecular weight is 283 g/mol. The lowest BCUT2D eigenvalue weighted by molar-refractivity contribution is -0.0627. The van der Waals surface area contributed by atoms with Crippen LogP contribution in [0, 0.1) is 12.3 Å². The average Bonchev–Trinajstić information content (AvgIpc) is 2.77. The molecule has 0 unspecified atom stereocenters. The van der Waals surface area contributed by atoms with Crippen LogP contribution in [0.4, 0.5) is 14.7 Å². The normalized spacial score (nSPS) is 24.2. The fourth-order valence-corrected chi connectivity index (χ4v) is 3.38. The van der Waals surface area contributed by atoms with Crippen molar-refractivity contribution in [2.75, 3.05) is 18.0 Å². The summed E-state index contributed by atoms with van der Waals surface area (Å²) in [6.07, 6.45) is 2.00. The van der Waals surface area contributed by atoms with Gasteiger partial charge in [0.2, 0.25) is 11.9 Å². The van der Waals surface area contributed by atoms with E-state index in [0.717, 1.165) is 19.5 Å². The molecule has 1 spiro atoms. The maximum absolute atomic E-state index is 13.3. The highest BCUT2D eigenvalue weighted by molar-refractivity contribution is 5.33. The Kier molecular flexibility index (Phi) is 3.06. The van der Waals surface area contributed by atoms with Crippen molar-refractivity contribution >= 4 is 5.95 Å². The van der Waals surface area contributed by atoms with Crippen LogP contribution in [0.3, 0.4) is 0 Å². The summed E-state index contributed by atoms with van der Waals surface area (Å²) in [5.74, 6) is -1.92. The summed E-state index contributed by atoms with van der Waals surface area (Å²) >= 11 is 0. The number of hydrogen-bond acceptors (Lipinski definition) is 3. The molecule has 0 amide bonds. The fraction of sp³-hybridized carbons (Fsp3) is 0.714. The molecule has 1 saturated carbocycles. The predicted molar refractivity (Wildman–Crippen MR) is 72.3 cm³/mol. The van der Waals surface area contributed by atoms with E-state index in [0.29, 0.717) is 24.5 Å². The molecule has 3 rings (SSSR count). The molecule has 1 aromatic heterocycles. The Hall–Kier alpha value is -1.46. The molecule has 1 N–H and O–H groups in total. The van der Waals surface area contributed by atoms with Gasteiger partial charge in [0.1, 0.15) is 0 Å². The minimum Gasteiger partial charge on any atom is -0.342 e. The number of rotatable bonds is 1. The molecule has 1 saturated heterocycles. The van der Waals surface area contributed by atoms with Crippen LogP contribution < -0.4 is 10.5 Å². The fourth-order valence-electron chi connectivity index (χ4n) is 3.38. The number of hydrogen-bond donors (Lipinski definition) is 1. The third-order valence-corrected chi connectivity index (χ3v) is 4.64. The number of anilines is 1. The molecule has 1 aromatic rings. The monoisotopic (exact) mass is 283 g/mol. The summed E-state index contributed by atoms with van der Waals surface area (Å²) in [5.41, 5.74) is 0.493. The Balaban J connectivity index is 1.75. The van der Waals surface area contributed by atoms with Gasteiger partial charge in [0, 0.05) is 37.7 Å². The number of H-pyrrole nitrogens is 1. The third-order valence-electron chi connectivity index (χ3n) is 4.64. The topological polar surface area (TPSA) is 49.0 Å². The quantitative estimate of drug-likeness (QED) is 0.861. The van der Waals surface area contributed by atoms with Crippen molar-refractivity contribution in [2.45, 2.75) is 45.0 Å². The van der Waals surface area contributed by atoms with Gasteiger partial charge in [-0.25, -0.2) is 13.8 Å². The smallest absolute Gasteiger partial charge is 0.252 e. The highest BCUT2D eigenvalue weighted by Crippen LogP contribution is 2.48. The molecular formula is C14H19F2N3O. The van der Waals surface area contributed by atoms with Crippen molar-refractivity contribution in [1.29, 1.82) is 0 Å². The zero-order valence-corrected chi connectivity index (χ0v) is 11.6. The number of aryl methyl sites for hydroxylation is 1. The maximum atomic E-state index is 13.3. The van der Waals surface area contributed by atoms with Crippen molar-refractivity contribution < 1.29 is 8.78 Å².